The lowest BCUT2D eigenvalue weighted by Crippen LogP contribution is -2.30. The van der Waals surface area contributed by atoms with Gasteiger partial charge in [0.05, 0.1) is 5.69 Å². The molecule has 0 saturated carbocycles. The van der Waals surface area contributed by atoms with Gasteiger partial charge in [-0.05, 0) is 12.1 Å². The van der Waals surface area contributed by atoms with Gasteiger partial charge in [-0.25, -0.2) is 0 Å². The van der Waals surface area contributed by atoms with E-state index in [0.717, 1.165) is 36.3 Å². The summed E-state index contributed by atoms with van der Waals surface area (Å²) in [4.78, 5) is 2.37. The number of rotatable bonds is 2. The predicted octanol–water partition coefficient (Wildman–Crippen LogP) is 3.13. The summed E-state index contributed by atoms with van der Waals surface area (Å²) in [6.07, 6.45) is 0.935. The summed E-state index contributed by atoms with van der Waals surface area (Å²) in [6, 6.07) is 10.5. The number of halogens is 1. The van der Waals surface area contributed by atoms with E-state index in [1.54, 1.807) is 0 Å². The Kier molecular flexibility index (Phi) is 2.89. The van der Waals surface area contributed by atoms with Crippen LogP contribution >= 0.6 is 15.9 Å². The second-order valence-electron chi connectivity index (χ2n) is 4.17. The highest BCUT2D eigenvalue weighted by Crippen LogP contribution is 2.27. The van der Waals surface area contributed by atoms with Crippen molar-refractivity contribution in [2.45, 2.75) is 18.3 Å². The first-order valence-corrected chi connectivity index (χ1v) is 6.83. The molecule has 1 aromatic heterocycles. The average molecular weight is 293 g/mol. The van der Waals surface area contributed by atoms with E-state index in [9.17, 15) is 0 Å². The Morgan fingerprint density at radius 2 is 2.12 bits per heavy atom. The van der Waals surface area contributed by atoms with Gasteiger partial charge >= 0.3 is 0 Å². The normalized spacial score (nSPS) is 14.8. The molecule has 0 unspecified atom stereocenters. The smallest absolute Gasteiger partial charge is 0.143 e. The van der Waals surface area contributed by atoms with Crippen LogP contribution in [0.5, 0.6) is 0 Å². The van der Waals surface area contributed by atoms with Gasteiger partial charge in [0.15, 0.2) is 0 Å². The minimum atomic E-state index is 0.758. The highest BCUT2D eigenvalue weighted by molar-refractivity contribution is 9.08. The van der Waals surface area contributed by atoms with Crippen molar-refractivity contribution in [3.05, 3.63) is 47.3 Å². The van der Waals surface area contributed by atoms with Crippen LogP contribution in [0.4, 0.5) is 5.69 Å². The number of hydrogen-bond acceptors (Lipinski definition) is 3. The largest absolute Gasteiger partial charge is 0.367 e. The molecule has 0 aliphatic carbocycles. The van der Waals surface area contributed by atoms with Crippen LogP contribution in [0.15, 0.2) is 34.9 Å². The summed E-state index contributed by atoms with van der Waals surface area (Å²) in [7, 11) is 0. The number of anilines is 1. The maximum Gasteiger partial charge on any atom is 0.143 e. The fourth-order valence-electron chi connectivity index (χ4n) is 2.23. The second-order valence-corrected chi connectivity index (χ2v) is 4.73. The standard InChI is InChI=1S/C13H13BrN2O/c14-8-12-11-9-16(7-6-13(11)17-15-12)10-4-2-1-3-5-10/h1-5H,6-9H2. The molecular formula is C13H13BrN2O. The molecule has 0 spiro atoms. The number of hydrogen-bond donors (Lipinski definition) is 0. The Hall–Kier alpha value is -1.29. The molecule has 4 heteroatoms. The molecule has 17 heavy (non-hydrogen) atoms. The Labute approximate surface area is 109 Å². The summed E-state index contributed by atoms with van der Waals surface area (Å²) >= 11 is 3.45. The molecule has 0 bridgehead atoms. The van der Waals surface area contributed by atoms with E-state index >= 15 is 0 Å². The third-order valence-corrected chi connectivity index (χ3v) is 3.69. The predicted molar refractivity (Wildman–Crippen MR) is 70.3 cm³/mol. The van der Waals surface area contributed by atoms with Crippen LogP contribution < -0.4 is 4.90 Å². The van der Waals surface area contributed by atoms with Gasteiger partial charge in [-0.15, -0.1) is 0 Å². The minimum Gasteiger partial charge on any atom is -0.367 e. The van der Waals surface area contributed by atoms with Crippen molar-refractivity contribution in [2.75, 3.05) is 11.4 Å². The molecule has 3 rings (SSSR count). The molecule has 1 aliphatic rings. The number of aromatic nitrogens is 1. The van der Waals surface area contributed by atoms with Crippen molar-refractivity contribution in [3.63, 3.8) is 0 Å². The molecule has 1 aliphatic heterocycles. The van der Waals surface area contributed by atoms with Crippen molar-refractivity contribution < 1.29 is 4.52 Å². The SMILES string of the molecule is BrCc1noc2c1CN(c1ccccc1)CC2. The lowest BCUT2D eigenvalue weighted by molar-refractivity contribution is 0.374. The van der Waals surface area contributed by atoms with Gasteiger partial charge < -0.3 is 9.42 Å². The fourth-order valence-corrected chi connectivity index (χ4v) is 2.67. The highest BCUT2D eigenvalue weighted by Gasteiger charge is 2.23. The van der Waals surface area contributed by atoms with Crippen LogP contribution in [0.2, 0.25) is 0 Å². The summed E-state index contributed by atoms with van der Waals surface area (Å²) < 4.78 is 5.36. The number of alkyl halides is 1. The number of nitrogens with zero attached hydrogens (tertiary/aromatic N) is 2. The van der Waals surface area contributed by atoms with Crippen LogP contribution in [0.1, 0.15) is 17.0 Å². The summed E-state index contributed by atoms with van der Waals surface area (Å²) in [6.45, 7) is 1.89. The van der Waals surface area contributed by atoms with Gasteiger partial charge in [-0.2, -0.15) is 0 Å². The maximum absolute atomic E-state index is 5.36. The first-order valence-electron chi connectivity index (χ1n) is 5.70. The van der Waals surface area contributed by atoms with Gasteiger partial charge in [-0.1, -0.05) is 39.3 Å². The Bertz CT molecular complexity index is 496. The van der Waals surface area contributed by atoms with E-state index in [2.05, 4.69) is 50.3 Å². The Morgan fingerprint density at radius 1 is 1.29 bits per heavy atom. The van der Waals surface area contributed by atoms with E-state index in [4.69, 9.17) is 4.52 Å². The van der Waals surface area contributed by atoms with E-state index in [1.165, 1.54) is 11.3 Å². The van der Waals surface area contributed by atoms with Crippen molar-refractivity contribution in [2.24, 2.45) is 0 Å². The molecule has 2 aromatic rings. The van der Waals surface area contributed by atoms with Crippen LogP contribution in [0.25, 0.3) is 0 Å². The molecular weight excluding hydrogens is 280 g/mol. The highest BCUT2D eigenvalue weighted by atomic mass is 79.9. The first kappa shape index (κ1) is 10.8. The molecule has 2 heterocycles. The summed E-state index contributed by atoms with van der Waals surface area (Å²) in [5.74, 6) is 1.05. The number of fused-ring (bicyclic) bond motifs is 1. The molecule has 0 amide bonds. The summed E-state index contributed by atoms with van der Waals surface area (Å²) in [5, 5.41) is 4.85. The lowest BCUT2D eigenvalue weighted by Gasteiger charge is -2.28. The fraction of sp³-hybridized carbons (Fsp3) is 0.308. The number of para-hydroxylation sites is 1. The molecule has 0 saturated heterocycles. The zero-order valence-electron chi connectivity index (χ0n) is 9.40. The number of benzene rings is 1. The van der Waals surface area contributed by atoms with Crippen LogP contribution in [0, 0.1) is 0 Å². The van der Waals surface area contributed by atoms with Crippen LogP contribution in [-0.4, -0.2) is 11.7 Å². The zero-order valence-corrected chi connectivity index (χ0v) is 11.0. The molecule has 1 aromatic carbocycles. The Balaban J connectivity index is 1.89. The van der Waals surface area contributed by atoms with Crippen LogP contribution in [0.3, 0.4) is 0 Å². The molecule has 0 radical (unpaired) electrons. The zero-order chi connectivity index (χ0) is 11.7. The van der Waals surface area contributed by atoms with Crippen molar-refractivity contribution >= 4 is 21.6 Å². The second kappa shape index (κ2) is 4.53. The first-order chi connectivity index (χ1) is 8.38. The third-order valence-electron chi connectivity index (χ3n) is 3.16. The molecule has 3 nitrogen and oxygen atoms in total. The van der Waals surface area contributed by atoms with E-state index < -0.39 is 0 Å². The molecule has 0 atom stereocenters. The maximum atomic E-state index is 5.36. The summed E-state index contributed by atoms with van der Waals surface area (Å²) in [5.41, 5.74) is 3.54. The topological polar surface area (TPSA) is 29.3 Å². The van der Waals surface area contributed by atoms with Gasteiger partial charge in [0.1, 0.15) is 5.76 Å². The van der Waals surface area contributed by atoms with Gasteiger partial charge in [0.2, 0.25) is 0 Å². The van der Waals surface area contributed by atoms with E-state index in [0.29, 0.717) is 0 Å². The van der Waals surface area contributed by atoms with E-state index in [1.807, 2.05) is 6.07 Å². The van der Waals surface area contributed by atoms with Crippen molar-refractivity contribution in [3.8, 4) is 0 Å². The van der Waals surface area contributed by atoms with Crippen molar-refractivity contribution in [1.29, 1.82) is 0 Å². The van der Waals surface area contributed by atoms with Gasteiger partial charge in [0.25, 0.3) is 0 Å². The Morgan fingerprint density at radius 3 is 2.88 bits per heavy atom. The van der Waals surface area contributed by atoms with Gasteiger partial charge in [-0.3, -0.25) is 0 Å². The van der Waals surface area contributed by atoms with Gasteiger partial charge in [0, 0.05) is 36.1 Å². The van der Waals surface area contributed by atoms with Crippen LogP contribution in [-0.2, 0) is 18.3 Å². The third kappa shape index (κ3) is 1.97. The lowest BCUT2D eigenvalue weighted by atomic mass is 10.1. The minimum absolute atomic E-state index is 0.758. The average Bonchev–Trinajstić information content (AvgIpc) is 2.81. The quantitative estimate of drug-likeness (QED) is 0.797. The monoisotopic (exact) mass is 292 g/mol. The van der Waals surface area contributed by atoms with Crippen molar-refractivity contribution in [1.82, 2.24) is 5.16 Å². The molecule has 0 N–H and O–H groups in total. The molecule has 88 valence electrons. The van der Waals surface area contributed by atoms with E-state index in [-0.39, 0.29) is 0 Å². The molecule has 0 fully saturated rings.